The van der Waals surface area contributed by atoms with Gasteiger partial charge < -0.3 is 10.4 Å². The number of hydrogen-bond donors (Lipinski definition) is 2. The third-order valence-corrected chi connectivity index (χ3v) is 8.08. The number of anilines is 1. The topological polar surface area (TPSA) is 96.4 Å². The number of hydrogen-bond acceptors (Lipinski definition) is 6. The first-order valence-electron chi connectivity index (χ1n) is 9.60. The average Bonchev–Trinajstić information content (AvgIpc) is 3.19. The van der Waals surface area contributed by atoms with E-state index in [-0.39, 0.29) is 16.6 Å². The van der Waals surface area contributed by atoms with Gasteiger partial charge in [0.2, 0.25) is 0 Å². The molecule has 8 heteroatoms. The second-order valence-electron chi connectivity index (χ2n) is 7.29. The molecule has 0 aliphatic carbocycles. The van der Waals surface area contributed by atoms with E-state index >= 15 is 0 Å². The van der Waals surface area contributed by atoms with Crippen molar-refractivity contribution in [3.8, 4) is 16.3 Å². The number of nitrogens with one attached hydrogen (secondary N) is 1. The summed E-state index contributed by atoms with van der Waals surface area (Å²) in [4.78, 5) is 17.4. The fourth-order valence-electron chi connectivity index (χ4n) is 3.04. The Balaban J connectivity index is 1.58. The Hall–Kier alpha value is -3.23. The van der Waals surface area contributed by atoms with Crippen molar-refractivity contribution in [2.75, 3.05) is 5.32 Å². The highest BCUT2D eigenvalue weighted by Gasteiger charge is 2.19. The number of amides is 1. The van der Waals surface area contributed by atoms with Crippen molar-refractivity contribution in [3.05, 3.63) is 72.3 Å². The maximum Gasteiger partial charge on any atom is 0.255 e. The molecule has 6 nitrogen and oxygen atoms in total. The summed E-state index contributed by atoms with van der Waals surface area (Å²) in [7, 11) is -3.40. The highest BCUT2D eigenvalue weighted by molar-refractivity contribution is 7.92. The smallest absolute Gasteiger partial charge is 0.255 e. The Bertz CT molecular complexity index is 1340. The van der Waals surface area contributed by atoms with Gasteiger partial charge in [-0.1, -0.05) is 12.1 Å². The molecule has 0 unspecified atom stereocenters. The van der Waals surface area contributed by atoms with Crippen LogP contribution in [0, 0.1) is 0 Å². The van der Waals surface area contributed by atoms with E-state index in [0.29, 0.717) is 21.8 Å². The van der Waals surface area contributed by atoms with Crippen molar-refractivity contribution in [2.45, 2.75) is 24.0 Å². The van der Waals surface area contributed by atoms with Crippen LogP contribution in [0.5, 0.6) is 5.75 Å². The predicted octanol–water partition coefficient (Wildman–Crippen LogP) is 5.10. The minimum Gasteiger partial charge on any atom is -0.507 e. The van der Waals surface area contributed by atoms with Gasteiger partial charge >= 0.3 is 0 Å². The van der Waals surface area contributed by atoms with E-state index in [9.17, 15) is 18.3 Å². The van der Waals surface area contributed by atoms with Crippen LogP contribution in [0.2, 0.25) is 0 Å². The number of phenols is 1. The van der Waals surface area contributed by atoms with E-state index < -0.39 is 15.1 Å². The molecule has 0 saturated heterocycles. The highest BCUT2D eigenvalue weighted by Crippen LogP contribution is 2.36. The zero-order valence-corrected chi connectivity index (χ0v) is 18.5. The normalized spacial score (nSPS) is 11.7. The largest absolute Gasteiger partial charge is 0.507 e. The summed E-state index contributed by atoms with van der Waals surface area (Å²) in [5.41, 5.74) is 2.19. The summed E-state index contributed by atoms with van der Waals surface area (Å²) in [5.74, 6) is -0.310. The summed E-state index contributed by atoms with van der Waals surface area (Å²) in [6.07, 6.45) is 0. The molecule has 158 valence electrons. The van der Waals surface area contributed by atoms with Gasteiger partial charge in [0.25, 0.3) is 5.91 Å². The SMILES string of the molecule is CC(C)S(=O)(=O)c1ccc(C(=O)Nc2ccc(O)c(-c3nc4ccccc4s3)c2)cc1. The van der Waals surface area contributed by atoms with Crippen LogP contribution in [-0.4, -0.2) is 29.7 Å². The van der Waals surface area contributed by atoms with Crippen LogP contribution in [0.15, 0.2) is 71.6 Å². The number of aromatic hydroxyl groups is 1. The van der Waals surface area contributed by atoms with Gasteiger partial charge in [-0.2, -0.15) is 0 Å². The lowest BCUT2D eigenvalue weighted by Crippen LogP contribution is -2.15. The predicted molar refractivity (Wildman–Crippen MR) is 123 cm³/mol. The van der Waals surface area contributed by atoms with Crippen LogP contribution in [-0.2, 0) is 9.84 Å². The third-order valence-electron chi connectivity index (χ3n) is 4.84. The molecule has 1 aromatic heterocycles. The molecule has 3 aromatic carbocycles. The molecule has 0 spiro atoms. The van der Waals surface area contributed by atoms with E-state index in [1.54, 1.807) is 26.0 Å². The monoisotopic (exact) mass is 452 g/mol. The molecule has 0 aliphatic rings. The first-order chi connectivity index (χ1) is 14.8. The van der Waals surface area contributed by atoms with Crippen LogP contribution in [0.3, 0.4) is 0 Å². The second kappa shape index (κ2) is 8.13. The van der Waals surface area contributed by atoms with Gasteiger partial charge in [0.15, 0.2) is 9.84 Å². The standard InChI is InChI=1S/C23H20N2O4S2/c1-14(2)31(28,29)17-10-7-15(8-11-17)22(27)24-16-9-12-20(26)18(13-16)23-25-19-5-3-4-6-21(19)30-23/h3-14,26H,1-2H3,(H,24,27). The molecule has 0 bridgehead atoms. The lowest BCUT2D eigenvalue weighted by Gasteiger charge is -2.10. The van der Waals surface area contributed by atoms with Crippen LogP contribution >= 0.6 is 11.3 Å². The zero-order valence-electron chi connectivity index (χ0n) is 16.9. The van der Waals surface area contributed by atoms with Gasteiger partial charge in [0.05, 0.1) is 25.9 Å². The molecule has 1 heterocycles. The van der Waals surface area contributed by atoms with Crippen LogP contribution in [0.25, 0.3) is 20.8 Å². The van der Waals surface area contributed by atoms with E-state index in [0.717, 1.165) is 10.2 Å². The molecule has 0 saturated carbocycles. The summed E-state index contributed by atoms with van der Waals surface area (Å²) in [5, 5.41) is 13.2. The van der Waals surface area contributed by atoms with E-state index in [1.807, 2.05) is 24.3 Å². The molecule has 31 heavy (non-hydrogen) atoms. The minimum atomic E-state index is -3.40. The fourth-order valence-corrected chi connectivity index (χ4v) is 5.09. The lowest BCUT2D eigenvalue weighted by molar-refractivity contribution is 0.102. The Labute approximate surface area is 184 Å². The number of aromatic nitrogens is 1. The number of thiazole rings is 1. The Morgan fingerprint density at radius 3 is 2.42 bits per heavy atom. The van der Waals surface area contributed by atoms with E-state index in [1.165, 1.54) is 41.7 Å². The van der Waals surface area contributed by atoms with Gasteiger partial charge in [-0.25, -0.2) is 13.4 Å². The maximum atomic E-state index is 12.6. The molecule has 4 aromatic rings. The van der Waals surface area contributed by atoms with Gasteiger partial charge in [0, 0.05) is 11.3 Å². The number of rotatable bonds is 5. The van der Waals surface area contributed by atoms with Gasteiger partial charge in [-0.05, 0) is 68.4 Å². The highest BCUT2D eigenvalue weighted by atomic mass is 32.2. The lowest BCUT2D eigenvalue weighted by atomic mass is 10.1. The molecule has 0 radical (unpaired) electrons. The quantitative estimate of drug-likeness (QED) is 0.411. The average molecular weight is 453 g/mol. The zero-order chi connectivity index (χ0) is 22.2. The van der Waals surface area contributed by atoms with E-state index in [4.69, 9.17) is 0 Å². The number of nitrogens with zero attached hydrogens (tertiary/aromatic N) is 1. The van der Waals surface area contributed by atoms with Gasteiger partial charge in [0.1, 0.15) is 10.8 Å². The third kappa shape index (κ3) is 4.17. The number of phenolic OH excluding ortho intramolecular Hbond substituents is 1. The van der Waals surface area contributed by atoms with Gasteiger partial charge in [-0.15, -0.1) is 11.3 Å². The number of carbonyl (C=O) groups is 1. The number of para-hydroxylation sites is 1. The Kier molecular flexibility index (Phi) is 5.51. The molecule has 4 rings (SSSR count). The molecule has 2 N–H and O–H groups in total. The Morgan fingerprint density at radius 2 is 1.74 bits per heavy atom. The number of sulfone groups is 1. The van der Waals surface area contributed by atoms with Crippen LogP contribution in [0.1, 0.15) is 24.2 Å². The molecule has 0 fully saturated rings. The molecular weight excluding hydrogens is 432 g/mol. The second-order valence-corrected chi connectivity index (χ2v) is 10.8. The number of fused-ring (bicyclic) bond motifs is 1. The van der Waals surface area contributed by atoms with Crippen molar-refractivity contribution in [1.82, 2.24) is 4.98 Å². The first-order valence-corrected chi connectivity index (χ1v) is 12.0. The summed E-state index contributed by atoms with van der Waals surface area (Å²) < 4.78 is 25.5. The van der Waals surface area contributed by atoms with Crippen molar-refractivity contribution in [2.24, 2.45) is 0 Å². The molecule has 1 amide bonds. The molecular formula is C23H20N2O4S2. The van der Waals surface area contributed by atoms with Crippen molar-refractivity contribution >= 4 is 43.0 Å². The Morgan fingerprint density at radius 1 is 1.03 bits per heavy atom. The molecule has 0 aliphatic heterocycles. The first kappa shape index (κ1) is 21.0. The fraction of sp³-hybridized carbons (Fsp3) is 0.130. The molecule has 0 atom stereocenters. The van der Waals surface area contributed by atoms with Crippen molar-refractivity contribution in [3.63, 3.8) is 0 Å². The van der Waals surface area contributed by atoms with Crippen LogP contribution in [0.4, 0.5) is 5.69 Å². The van der Waals surface area contributed by atoms with Crippen molar-refractivity contribution in [1.29, 1.82) is 0 Å². The van der Waals surface area contributed by atoms with Gasteiger partial charge in [-0.3, -0.25) is 4.79 Å². The van der Waals surface area contributed by atoms with Crippen molar-refractivity contribution < 1.29 is 18.3 Å². The summed E-state index contributed by atoms with van der Waals surface area (Å²) in [6.45, 7) is 3.23. The summed E-state index contributed by atoms with van der Waals surface area (Å²) >= 11 is 1.45. The minimum absolute atomic E-state index is 0.0697. The summed E-state index contributed by atoms with van der Waals surface area (Å²) in [6, 6.07) is 18.3. The number of carbonyl (C=O) groups excluding carboxylic acids is 1. The maximum absolute atomic E-state index is 12.6. The van der Waals surface area contributed by atoms with E-state index in [2.05, 4.69) is 10.3 Å². The van der Waals surface area contributed by atoms with Crippen LogP contribution < -0.4 is 5.32 Å². The number of benzene rings is 3.